The largest absolute Gasteiger partial charge is 0.377 e. The second-order valence-electron chi connectivity index (χ2n) is 5.67. The monoisotopic (exact) mass is 360 g/mol. The van der Waals surface area contributed by atoms with Crippen LogP contribution < -0.4 is 10.6 Å². The second-order valence-corrected chi connectivity index (χ2v) is 6.87. The smallest absolute Gasteiger partial charge is 0.191 e. The number of guanidine groups is 1. The molecule has 2 N–H and O–H groups in total. The van der Waals surface area contributed by atoms with Crippen LogP contribution in [0.1, 0.15) is 41.3 Å². The zero-order chi connectivity index (χ0) is 17.9. The van der Waals surface area contributed by atoms with E-state index >= 15 is 0 Å². The van der Waals surface area contributed by atoms with Crippen LogP contribution in [0.4, 0.5) is 0 Å². The van der Waals surface area contributed by atoms with Crippen LogP contribution in [0, 0.1) is 0 Å². The lowest BCUT2D eigenvalue weighted by atomic mass is 10.1. The summed E-state index contributed by atoms with van der Waals surface area (Å²) >= 11 is 1.74. The minimum atomic E-state index is 0.649. The van der Waals surface area contributed by atoms with E-state index in [1.807, 2.05) is 6.20 Å². The molecule has 0 aliphatic carbocycles. The first kappa shape index (κ1) is 19.4. The lowest BCUT2D eigenvalue weighted by Crippen LogP contribution is -2.36. The third-order valence-electron chi connectivity index (χ3n) is 3.75. The maximum Gasteiger partial charge on any atom is 0.191 e. The van der Waals surface area contributed by atoms with Crippen molar-refractivity contribution >= 4 is 17.3 Å². The van der Waals surface area contributed by atoms with Crippen LogP contribution in [0.5, 0.6) is 0 Å². The molecule has 0 aliphatic rings. The van der Waals surface area contributed by atoms with Gasteiger partial charge in [-0.3, -0.25) is 4.99 Å². The molecule has 1 aromatic heterocycles. The average Bonchev–Trinajstić information content (AvgIpc) is 3.11. The highest BCUT2D eigenvalue weighted by molar-refractivity contribution is 7.11. The highest BCUT2D eigenvalue weighted by Gasteiger charge is 2.05. The van der Waals surface area contributed by atoms with Crippen molar-refractivity contribution in [3.63, 3.8) is 0 Å². The lowest BCUT2D eigenvalue weighted by molar-refractivity contribution is 0.121. The van der Waals surface area contributed by atoms with E-state index in [-0.39, 0.29) is 0 Å². The molecule has 1 heterocycles. The van der Waals surface area contributed by atoms with E-state index in [0.717, 1.165) is 30.4 Å². The van der Waals surface area contributed by atoms with E-state index in [9.17, 15) is 0 Å². The highest BCUT2D eigenvalue weighted by atomic mass is 32.1. The van der Waals surface area contributed by atoms with Gasteiger partial charge in [0, 0.05) is 31.3 Å². The maximum atomic E-state index is 5.68. The molecule has 0 saturated carbocycles. The van der Waals surface area contributed by atoms with Crippen molar-refractivity contribution in [1.82, 2.24) is 15.6 Å². The molecule has 1 aromatic carbocycles. The predicted molar refractivity (Wildman–Crippen MR) is 105 cm³/mol. The molecule has 0 fully saturated rings. The molecule has 0 saturated heterocycles. The van der Waals surface area contributed by atoms with Crippen molar-refractivity contribution in [2.24, 2.45) is 4.99 Å². The number of thiazole rings is 1. The number of aliphatic imine (C=N–C) groups is 1. The van der Waals surface area contributed by atoms with Gasteiger partial charge in [0.05, 0.1) is 13.2 Å². The number of hydrogen-bond donors (Lipinski definition) is 2. The van der Waals surface area contributed by atoms with Crippen molar-refractivity contribution < 1.29 is 4.74 Å². The van der Waals surface area contributed by atoms with Gasteiger partial charge < -0.3 is 15.4 Å². The molecule has 0 bridgehead atoms. The van der Waals surface area contributed by atoms with Crippen molar-refractivity contribution in [3.05, 3.63) is 51.5 Å². The number of aryl methyl sites for hydroxylation is 1. The Balaban J connectivity index is 1.85. The minimum Gasteiger partial charge on any atom is -0.377 e. The molecule has 136 valence electrons. The summed E-state index contributed by atoms with van der Waals surface area (Å²) in [6.45, 7) is 7.10. The number of nitrogens with zero attached hydrogens (tertiary/aromatic N) is 2. The van der Waals surface area contributed by atoms with Crippen LogP contribution in [0.2, 0.25) is 0 Å². The Morgan fingerprint density at radius 1 is 1.16 bits per heavy atom. The number of rotatable bonds is 9. The molecule has 5 nitrogen and oxygen atoms in total. The molecule has 2 aromatic rings. The first-order valence-electron chi connectivity index (χ1n) is 8.79. The molecular weight excluding hydrogens is 332 g/mol. The average molecular weight is 361 g/mol. The summed E-state index contributed by atoms with van der Waals surface area (Å²) < 4.78 is 5.68. The fraction of sp³-hybridized carbons (Fsp3) is 0.474. The fourth-order valence-electron chi connectivity index (χ4n) is 2.35. The van der Waals surface area contributed by atoms with Crippen LogP contribution in [0.3, 0.4) is 0 Å². The first-order valence-corrected chi connectivity index (χ1v) is 9.61. The molecule has 0 aliphatic heterocycles. The Hall–Kier alpha value is -1.92. The highest BCUT2D eigenvalue weighted by Crippen LogP contribution is 2.13. The van der Waals surface area contributed by atoms with Gasteiger partial charge in [-0.05, 0) is 24.0 Å². The number of nitrogens with one attached hydrogen (secondary N) is 2. The quantitative estimate of drug-likeness (QED) is 0.408. The first-order chi connectivity index (χ1) is 12.3. The Kier molecular flexibility index (Phi) is 8.42. The summed E-state index contributed by atoms with van der Waals surface area (Å²) in [6, 6.07) is 8.34. The van der Waals surface area contributed by atoms with E-state index in [0.29, 0.717) is 19.7 Å². The van der Waals surface area contributed by atoms with E-state index in [1.54, 1.807) is 18.4 Å². The van der Waals surface area contributed by atoms with Gasteiger partial charge in [0.2, 0.25) is 0 Å². The zero-order valence-corrected chi connectivity index (χ0v) is 16.2. The van der Waals surface area contributed by atoms with Crippen LogP contribution in [-0.2, 0) is 30.9 Å². The molecule has 6 heteroatoms. The third-order valence-corrected chi connectivity index (χ3v) is 4.89. The van der Waals surface area contributed by atoms with Crippen molar-refractivity contribution in [2.45, 2.75) is 46.4 Å². The Morgan fingerprint density at radius 2 is 1.92 bits per heavy atom. The Labute approximate surface area is 154 Å². The molecule has 0 unspecified atom stereocenters. The Morgan fingerprint density at radius 3 is 2.60 bits per heavy atom. The van der Waals surface area contributed by atoms with Gasteiger partial charge in [0.15, 0.2) is 5.96 Å². The van der Waals surface area contributed by atoms with Crippen molar-refractivity contribution in [2.75, 3.05) is 13.7 Å². The SMILES string of the molecule is CCCOCc1ccccc1CNC(=NC)NCc1ncc(CC)s1. The molecule has 0 spiro atoms. The lowest BCUT2D eigenvalue weighted by Gasteiger charge is -2.14. The van der Waals surface area contributed by atoms with Gasteiger partial charge in [0.25, 0.3) is 0 Å². The number of benzene rings is 1. The predicted octanol–water partition coefficient (Wildman–Crippen LogP) is 3.50. The van der Waals surface area contributed by atoms with Gasteiger partial charge in [-0.1, -0.05) is 38.1 Å². The summed E-state index contributed by atoms with van der Waals surface area (Å²) in [5.41, 5.74) is 2.44. The number of aromatic nitrogens is 1. The summed E-state index contributed by atoms with van der Waals surface area (Å²) in [7, 11) is 1.78. The molecule has 0 radical (unpaired) electrons. The van der Waals surface area contributed by atoms with Gasteiger partial charge in [-0.2, -0.15) is 0 Å². The molecular formula is C19H28N4OS. The number of ether oxygens (including phenoxy) is 1. The van der Waals surface area contributed by atoms with E-state index in [2.05, 4.69) is 58.7 Å². The van der Waals surface area contributed by atoms with Crippen LogP contribution in [0.15, 0.2) is 35.5 Å². The van der Waals surface area contributed by atoms with E-state index < -0.39 is 0 Å². The second kappa shape index (κ2) is 10.8. The van der Waals surface area contributed by atoms with Crippen LogP contribution in [-0.4, -0.2) is 24.6 Å². The topological polar surface area (TPSA) is 58.5 Å². The minimum absolute atomic E-state index is 0.649. The summed E-state index contributed by atoms with van der Waals surface area (Å²) in [5.74, 6) is 0.775. The van der Waals surface area contributed by atoms with Gasteiger partial charge in [0.1, 0.15) is 5.01 Å². The summed E-state index contributed by atoms with van der Waals surface area (Å²) in [5, 5.41) is 7.77. The molecule has 0 amide bonds. The zero-order valence-electron chi connectivity index (χ0n) is 15.3. The van der Waals surface area contributed by atoms with Crippen molar-refractivity contribution in [1.29, 1.82) is 0 Å². The van der Waals surface area contributed by atoms with E-state index in [1.165, 1.54) is 16.0 Å². The normalized spacial score (nSPS) is 11.6. The standard InChI is InChI=1S/C19H28N4OS/c1-4-10-24-14-16-9-7-6-8-15(16)11-22-19(20-3)23-13-18-21-12-17(5-2)25-18/h6-9,12H,4-5,10-11,13-14H2,1-3H3,(H2,20,22,23). The number of hydrogen-bond acceptors (Lipinski definition) is 4. The van der Waals surface area contributed by atoms with Gasteiger partial charge in [-0.15, -0.1) is 11.3 Å². The summed E-state index contributed by atoms with van der Waals surface area (Å²) in [4.78, 5) is 10.0. The maximum absolute atomic E-state index is 5.68. The molecule has 0 atom stereocenters. The van der Waals surface area contributed by atoms with Gasteiger partial charge in [-0.25, -0.2) is 4.98 Å². The van der Waals surface area contributed by atoms with Crippen LogP contribution >= 0.6 is 11.3 Å². The van der Waals surface area contributed by atoms with E-state index in [4.69, 9.17) is 4.74 Å². The van der Waals surface area contributed by atoms with Crippen molar-refractivity contribution in [3.8, 4) is 0 Å². The summed E-state index contributed by atoms with van der Waals surface area (Å²) in [6.07, 6.45) is 4.01. The van der Waals surface area contributed by atoms with Gasteiger partial charge >= 0.3 is 0 Å². The Bertz CT molecular complexity index is 669. The fourth-order valence-corrected chi connectivity index (χ4v) is 3.15. The molecule has 2 rings (SSSR count). The van der Waals surface area contributed by atoms with Crippen LogP contribution in [0.25, 0.3) is 0 Å². The molecule has 25 heavy (non-hydrogen) atoms. The third kappa shape index (κ3) is 6.48.